The van der Waals surface area contributed by atoms with Crippen molar-refractivity contribution in [1.82, 2.24) is 9.03 Å². The third-order valence-corrected chi connectivity index (χ3v) is 8.91. The maximum Gasteiger partial charge on any atom is 0.243 e. The van der Waals surface area contributed by atoms with Crippen LogP contribution in [0.2, 0.25) is 0 Å². The Bertz CT molecular complexity index is 1260. The number of rotatable bonds is 6. The molecule has 1 N–H and O–H groups in total. The van der Waals surface area contributed by atoms with E-state index in [-0.39, 0.29) is 9.79 Å². The SMILES string of the molecule is CC(NS(=O)(=O)c1ccc(S(=O)(=O)N2CCCC2)cc1)c1ccc2ccccc2c1. The summed E-state index contributed by atoms with van der Waals surface area (Å²) in [7, 11) is -7.37. The van der Waals surface area contributed by atoms with Crippen molar-refractivity contribution in [2.24, 2.45) is 0 Å². The maximum absolute atomic E-state index is 12.8. The molecule has 1 atom stereocenters. The average Bonchev–Trinajstić information content (AvgIpc) is 3.29. The molecule has 0 spiro atoms. The molecule has 1 saturated heterocycles. The highest BCUT2D eigenvalue weighted by Crippen LogP contribution is 2.24. The van der Waals surface area contributed by atoms with Gasteiger partial charge in [0.15, 0.2) is 0 Å². The van der Waals surface area contributed by atoms with Crippen LogP contribution < -0.4 is 4.72 Å². The van der Waals surface area contributed by atoms with E-state index in [1.807, 2.05) is 42.5 Å². The molecule has 0 amide bonds. The minimum absolute atomic E-state index is 0.0375. The summed E-state index contributed by atoms with van der Waals surface area (Å²) in [4.78, 5) is 0.154. The molecule has 8 heteroatoms. The maximum atomic E-state index is 12.8. The Morgan fingerprint density at radius 3 is 2.07 bits per heavy atom. The van der Waals surface area contributed by atoms with E-state index >= 15 is 0 Å². The summed E-state index contributed by atoms with van der Waals surface area (Å²) in [5.41, 5.74) is 0.852. The van der Waals surface area contributed by atoms with Crippen LogP contribution in [0, 0.1) is 0 Å². The highest BCUT2D eigenvalue weighted by molar-refractivity contribution is 7.89. The number of nitrogens with one attached hydrogen (secondary N) is 1. The normalized spacial score (nSPS) is 16.7. The van der Waals surface area contributed by atoms with Crippen LogP contribution in [-0.4, -0.2) is 34.2 Å². The van der Waals surface area contributed by atoms with E-state index in [0.717, 1.165) is 29.2 Å². The summed E-state index contributed by atoms with van der Waals surface area (Å²) in [5, 5.41) is 2.13. The lowest BCUT2D eigenvalue weighted by Gasteiger charge is -2.17. The Hall–Kier alpha value is -2.26. The second-order valence-electron chi connectivity index (χ2n) is 7.53. The standard InChI is InChI=1S/C22H24N2O4S2/c1-17(19-9-8-18-6-2-3-7-20(18)16-19)23-29(25,26)21-10-12-22(13-11-21)30(27,28)24-14-4-5-15-24/h2-3,6-13,16-17,23H,4-5,14-15H2,1H3. The summed E-state index contributed by atoms with van der Waals surface area (Å²) in [6.07, 6.45) is 1.70. The van der Waals surface area contributed by atoms with E-state index in [2.05, 4.69) is 4.72 Å². The number of benzene rings is 3. The Kier molecular flexibility index (Phi) is 5.67. The van der Waals surface area contributed by atoms with E-state index in [4.69, 9.17) is 0 Å². The zero-order chi connectivity index (χ0) is 21.4. The van der Waals surface area contributed by atoms with E-state index in [0.29, 0.717) is 13.1 Å². The summed E-state index contributed by atoms with van der Waals surface area (Å²) in [6.45, 7) is 2.80. The molecule has 1 fully saturated rings. The van der Waals surface area contributed by atoms with Crippen LogP contribution in [0.25, 0.3) is 10.8 Å². The number of sulfonamides is 2. The van der Waals surface area contributed by atoms with E-state index in [9.17, 15) is 16.8 Å². The third kappa shape index (κ3) is 4.13. The lowest BCUT2D eigenvalue weighted by Crippen LogP contribution is -2.28. The highest BCUT2D eigenvalue weighted by atomic mass is 32.2. The van der Waals surface area contributed by atoms with Gasteiger partial charge in [0.25, 0.3) is 0 Å². The molecule has 0 bridgehead atoms. The van der Waals surface area contributed by atoms with Gasteiger partial charge in [-0.3, -0.25) is 0 Å². The topological polar surface area (TPSA) is 83.5 Å². The van der Waals surface area contributed by atoms with Gasteiger partial charge in [-0.05, 0) is 66.4 Å². The zero-order valence-electron chi connectivity index (χ0n) is 16.7. The molecule has 3 aromatic carbocycles. The van der Waals surface area contributed by atoms with Crippen molar-refractivity contribution in [2.45, 2.75) is 35.6 Å². The summed E-state index contributed by atoms with van der Waals surface area (Å²) >= 11 is 0. The number of hydrogen-bond acceptors (Lipinski definition) is 4. The van der Waals surface area contributed by atoms with E-state index in [1.165, 1.54) is 28.6 Å². The van der Waals surface area contributed by atoms with Crippen LogP contribution in [-0.2, 0) is 20.0 Å². The van der Waals surface area contributed by atoms with Crippen LogP contribution in [0.3, 0.4) is 0 Å². The molecule has 1 aliphatic rings. The van der Waals surface area contributed by atoms with Gasteiger partial charge in [-0.2, -0.15) is 4.31 Å². The fraction of sp³-hybridized carbons (Fsp3) is 0.273. The number of nitrogens with zero attached hydrogens (tertiary/aromatic N) is 1. The molecule has 0 radical (unpaired) electrons. The highest BCUT2D eigenvalue weighted by Gasteiger charge is 2.27. The predicted molar refractivity (Wildman–Crippen MR) is 117 cm³/mol. The second kappa shape index (κ2) is 8.11. The predicted octanol–water partition coefficient (Wildman–Crippen LogP) is 3.66. The molecule has 0 aromatic heterocycles. The fourth-order valence-electron chi connectivity index (χ4n) is 3.71. The van der Waals surface area contributed by atoms with E-state index in [1.54, 1.807) is 6.92 Å². The first-order valence-electron chi connectivity index (χ1n) is 9.89. The van der Waals surface area contributed by atoms with Gasteiger partial charge < -0.3 is 0 Å². The number of fused-ring (bicyclic) bond motifs is 1. The summed E-state index contributed by atoms with van der Waals surface area (Å²) in [6, 6.07) is 18.7. The molecule has 0 aliphatic carbocycles. The number of hydrogen-bond donors (Lipinski definition) is 1. The summed E-state index contributed by atoms with van der Waals surface area (Å²) in [5.74, 6) is 0. The first kappa shape index (κ1) is 21.0. The van der Waals surface area contributed by atoms with Crippen LogP contribution in [0.1, 0.15) is 31.4 Å². The van der Waals surface area contributed by atoms with Crippen LogP contribution in [0.15, 0.2) is 76.5 Å². The van der Waals surface area contributed by atoms with Crippen LogP contribution in [0.4, 0.5) is 0 Å². The Balaban J connectivity index is 1.54. The van der Waals surface area contributed by atoms with Gasteiger partial charge in [-0.25, -0.2) is 21.6 Å². The second-order valence-corrected chi connectivity index (χ2v) is 11.2. The molecule has 30 heavy (non-hydrogen) atoms. The van der Waals surface area contributed by atoms with Gasteiger partial charge >= 0.3 is 0 Å². The van der Waals surface area contributed by atoms with Crippen molar-refractivity contribution in [2.75, 3.05) is 13.1 Å². The van der Waals surface area contributed by atoms with E-state index < -0.39 is 26.1 Å². The molecule has 4 rings (SSSR count). The lowest BCUT2D eigenvalue weighted by atomic mass is 10.0. The Labute approximate surface area is 177 Å². The molecule has 1 heterocycles. The minimum Gasteiger partial charge on any atom is -0.207 e. The van der Waals surface area contributed by atoms with Crippen molar-refractivity contribution in [1.29, 1.82) is 0 Å². The van der Waals surface area contributed by atoms with Gasteiger partial charge in [0.2, 0.25) is 20.0 Å². The molecule has 1 aliphatic heterocycles. The first-order chi connectivity index (χ1) is 14.3. The molecular weight excluding hydrogens is 420 g/mol. The smallest absolute Gasteiger partial charge is 0.207 e. The van der Waals surface area contributed by atoms with Crippen molar-refractivity contribution in [3.63, 3.8) is 0 Å². The van der Waals surface area contributed by atoms with Crippen molar-refractivity contribution in [3.05, 3.63) is 72.3 Å². The van der Waals surface area contributed by atoms with Gasteiger partial charge in [0.1, 0.15) is 0 Å². The quantitative estimate of drug-likeness (QED) is 0.629. The summed E-state index contributed by atoms with van der Waals surface area (Å²) < 4.78 is 55.0. The Morgan fingerprint density at radius 2 is 1.40 bits per heavy atom. The molecular formula is C22H24N2O4S2. The molecule has 1 unspecified atom stereocenters. The molecule has 3 aromatic rings. The van der Waals surface area contributed by atoms with Crippen LogP contribution >= 0.6 is 0 Å². The van der Waals surface area contributed by atoms with Gasteiger partial charge in [-0.15, -0.1) is 0 Å². The van der Waals surface area contributed by atoms with Crippen molar-refractivity contribution >= 4 is 30.8 Å². The minimum atomic E-state index is -3.80. The monoisotopic (exact) mass is 444 g/mol. The lowest BCUT2D eigenvalue weighted by molar-refractivity contribution is 0.477. The Morgan fingerprint density at radius 1 is 0.800 bits per heavy atom. The third-order valence-electron chi connectivity index (χ3n) is 5.44. The van der Waals surface area contributed by atoms with Gasteiger partial charge in [0.05, 0.1) is 9.79 Å². The van der Waals surface area contributed by atoms with Gasteiger partial charge in [0, 0.05) is 19.1 Å². The fourth-order valence-corrected chi connectivity index (χ4v) is 6.46. The largest absolute Gasteiger partial charge is 0.243 e. The first-order valence-corrected chi connectivity index (χ1v) is 12.8. The zero-order valence-corrected chi connectivity index (χ0v) is 18.3. The van der Waals surface area contributed by atoms with Crippen molar-refractivity contribution < 1.29 is 16.8 Å². The molecule has 0 saturated carbocycles. The van der Waals surface area contributed by atoms with Gasteiger partial charge in [-0.1, -0.05) is 36.4 Å². The van der Waals surface area contributed by atoms with Crippen molar-refractivity contribution in [3.8, 4) is 0 Å². The molecule has 6 nitrogen and oxygen atoms in total. The van der Waals surface area contributed by atoms with Crippen LogP contribution in [0.5, 0.6) is 0 Å². The average molecular weight is 445 g/mol. The molecule has 158 valence electrons.